The van der Waals surface area contributed by atoms with Crippen molar-refractivity contribution in [3.05, 3.63) is 36.2 Å². The third-order valence-electron chi connectivity index (χ3n) is 2.92. The van der Waals surface area contributed by atoms with E-state index in [2.05, 4.69) is 44.4 Å². The highest BCUT2D eigenvalue weighted by molar-refractivity contribution is 5.37. The zero-order chi connectivity index (χ0) is 12.6. The van der Waals surface area contributed by atoms with Crippen molar-refractivity contribution >= 4 is 6.72 Å². The number of nitrogens with zero attached hydrogens (tertiary/aromatic N) is 1. The van der Waals surface area contributed by atoms with Gasteiger partial charge in [-0.2, -0.15) is 0 Å². The summed E-state index contributed by atoms with van der Waals surface area (Å²) in [6.07, 6.45) is 6.76. The summed E-state index contributed by atoms with van der Waals surface area (Å²) in [7, 11) is 0. The van der Waals surface area contributed by atoms with Gasteiger partial charge in [0.25, 0.3) is 0 Å². The van der Waals surface area contributed by atoms with E-state index in [0.29, 0.717) is 12.0 Å². The van der Waals surface area contributed by atoms with Gasteiger partial charge in [-0.05, 0) is 38.1 Å². The van der Waals surface area contributed by atoms with E-state index in [0.717, 1.165) is 17.7 Å². The van der Waals surface area contributed by atoms with Gasteiger partial charge in [-0.25, -0.2) is 0 Å². The minimum absolute atomic E-state index is 0.428. The Bertz CT molecular complexity index is 287. The van der Waals surface area contributed by atoms with Gasteiger partial charge in [0.15, 0.2) is 0 Å². The largest absolute Gasteiger partial charge is 0.382 e. The van der Waals surface area contributed by atoms with Crippen LogP contribution < -0.4 is 5.32 Å². The number of aliphatic imine (C=N–C) groups is 1. The number of hydrogen-bond acceptors (Lipinski definition) is 2. The van der Waals surface area contributed by atoms with Crippen molar-refractivity contribution < 1.29 is 0 Å². The molecule has 0 aliphatic rings. The normalized spacial score (nSPS) is 15.9. The average molecular weight is 220 g/mol. The van der Waals surface area contributed by atoms with Gasteiger partial charge in [-0.3, -0.25) is 4.99 Å². The van der Waals surface area contributed by atoms with Crippen LogP contribution in [0.5, 0.6) is 0 Å². The molecule has 2 heteroatoms. The Hall–Kier alpha value is -1.31. The van der Waals surface area contributed by atoms with Gasteiger partial charge in [-0.1, -0.05) is 32.9 Å². The second-order valence-corrected chi connectivity index (χ2v) is 4.04. The second-order valence-electron chi connectivity index (χ2n) is 4.04. The van der Waals surface area contributed by atoms with Crippen LogP contribution in [0.1, 0.15) is 34.1 Å². The van der Waals surface area contributed by atoms with Gasteiger partial charge in [0, 0.05) is 17.9 Å². The minimum atomic E-state index is 0.428. The molecule has 16 heavy (non-hydrogen) atoms. The van der Waals surface area contributed by atoms with Gasteiger partial charge in [0.2, 0.25) is 0 Å². The van der Waals surface area contributed by atoms with E-state index in [-0.39, 0.29) is 0 Å². The van der Waals surface area contributed by atoms with E-state index >= 15 is 0 Å². The summed E-state index contributed by atoms with van der Waals surface area (Å²) in [6.45, 7) is 16.1. The number of rotatable bonds is 7. The predicted molar refractivity (Wildman–Crippen MR) is 73.6 cm³/mol. The smallest absolute Gasteiger partial charge is 0.0340 e. The summed E-state index contributed by atoms with van der Waals surface area (Å²) < 4.78 is 0. The summed E-state index contributed by atoms with van der Waals surface area (Å²) in [5, 5.41) is 3.41. The summed E-state index contributed by atoms with van der Waals surface area (Å²) in [6, 6.07) is 0.428. The Kier molecular flexibility index (Phi) is 7.27. The van der Waals surface area contributed by atoms with Crippen LogP contribution in [0.25, 0.3) is 0 Å². The molecule has 0 amide bonds. The van der Waals surface area contributed by atoms with E-state index in [9.17, 15) is 0 Å². The SMILES string of the molecule is C=N/C=C\C(=C/C)C(=C)N[C@H](C)[C@@H](C)CC. The van der Waals surface area contributed by atoms with Crippen LogP contribution >= 0.6 is 0 Å². The molecule has 0 aromatic heterocycles. The first kappa shape index (κ1) is 14.7. The lowest BCUT2D eigenvalue weighted by Crippen LogP contribution is -2.31. The van der Waals surface area contributed by atoms with Gasteiger partial charge in [-0.15, -0.1) is 0 Å². The maximum atomic E-state index is 4.04. The summed E-state index contributed by atoms with van der Waals surface area (Å²) in [4.78, 5) is 3.70. The molecule has 1 N–H and O–H groups in total. The fourth-order valence-electron chi connectivity index (χ4n) is 1.36. The van der Waals surface area contributed by atoms with Crippen LogP contribution in [0.3, 0.4) is 0 Å². The maximum absolute atomic E-state index is 4.04. The summed E-state index contributed by atoms with van der Waals surface area (Å²) >= 11 is 0. The first-order chi connectivity index (χ1) is 7.56. The monoisotopic (exact) mass is 220 g/mol. The first-order valence-corrected chi connectivity index (χ1v) is 5.81. The Morgan fingerprint density at radius 2 is 2.06 bits per heavy atom. The van der Waals surface area contributed by atoms with Crippen LogP contribution in [-0.2, 0) is 0 Å². The predicted octanol–water partition coefficient (Wildman–Crippen LogP) is 3.68. The number of allylic oxidation sites excluding steroid dienone is 2. The van der Waals surface area contributed by atoms with Gasteiger partial charge in [0.1, 0.15) is 0 Å². The number of hydrogen-bond donors (Lipinski definition) is 1. The molecule has 0 aliphatic heterocycles. The lowest BCUT2D eigenvalue weighted by atomic mass is 10.00. The highest BCUT2D eigenvalue weighted by Crippen LogP contribution is 2.12. The van der Waals surface area contributed by atoms with Crippen molar-refractivity contribution in [3.63, 3.8) is 0 Å². The Balaban J connectivity index is 4.44. The second kappa shape index (κ2) is 7.91. The highest BCUT2D eigenvalue weighted by Gasteiger charge is 2.10. The van der Waals surface area contributed by atoms with E-state index in [1.165, 1.54) is 0 Å². The Morgan fingerprint density at radius 1 is 1.44 bits per heavy atom. The third-order valence-corrected chi connectivity index (χ3v) is 2.92. The molecule has 0 aromatic carbocycles. The van der Waals surface area contributed by atoms with E-state index in [1.807, 2.05) is 19.1 Å². The molecule has 0 bridgehead atoms. The molecule has 2 nitrogen and oxygen atoms in total. The molecule has 0 radical (unpaired) electrons. The topological polar surface area (TPSA) is 24.4 Å². The van der Waals surface area contributed by atoms with Gasteiger partial charge < -0.3 is 5.32 Å². The fourth-order valence-corrected chi connectivity index (χ4v) is 1.36. The Labute approximate surface area is 99.9 Å². The highest BCUT2D eigenvalue weighted by atomic mass is 14.9. The molecular weight excluding hydrogens is 196 g/mol. The zero-order valence-corrected chi connectivity index (χ0v) is 11.0. The molecule has 0 unspecified atom stereocenters. The quantitative estimate of drug-likeness (QED) is 0.513. The summed E-state index contributed by atoms with van der Waals surface area (Å²) in [5.74, 6) is 0.636. The molecule has 0 spiro atoms. The van der Waals surface area contributed by atoms with Crippen molar-refractivity contribution in [2.45, 2.75) is 40.2 Å². The summed E-state index contributed by atoms with van der Waals surface area (Å²) in [5.41, 5.74) is 2.00. The standard InChI is InChI=1S/C14H24N2/c1-7-11(3)12(4)16-13(5)14(8-2)9-10-15-6/h8-12,16H,5-7H2,1-4H3/b10-9-,14-8+/t11-,12+/m0/s1. The van der Waals surface area contributed by atoms with Crippen molar-refractivity contribution in [2.75, 3.05) is 0 Å². The number of nitrogens with one attached hydrogen (secondary N) is 1. The van der Waals surface area contributed by atoms with Crippen molar-refractivity contribution in [2.24, 2.45) is 10.9 Å². The van der Waals surface area contributed by atoms with Crippen LogP contribution in [0.2, 0.25) is 0 Å². The lowest BCUT2D eigenvalue weighted by molar-refractivity contribution is 0.420. The molecule has 0 rings (SSSR count). The van der Waals surface area contributed by atoms with Gasteiger partial charge >= 0.3 is 0 Å². The fraction of sp³-hybridized carbons (Fsp3) is 0.500. The molecule has 0 heterocycles. The van der Waals surface area contributed by atoms with E-state index in [4.69, 9.17) is 0 Å². The minimum Gasteiger partial charge on any atom is -0.382 e. The molecule has 0 fully saturated rings. The maximum Gasteiger partial charge on any atom is 0.0340 e. The van der Waals surface area contributed by atoms with E-state index < -0.39 is 0 Å². The molecule has 0 saturated heterocycles. The average Bonchev–Trinajstić information content (AvgIpc) is 2.28. The first-order valence-electron chi connectivity index (χ1n) is 5.81. The molecular formula is C14H24N2. The zero-order valence-electron chi connectivity index (χ0n) is 11.0. The van der Waals surface area contributed by atoms with Crippen LogP contribution in [0.4, 0.5) is 0 Å². The van der Waals surface area contributed by atoms with Crippen molar-refractivity contribution in [1.29, 1.82) is 0 Å². The lowest BCUT2D eigenvalue weighted by Gasteiger charge is -2.22. The van der Waals surface area contributed by atoms with Crippen molar-refractivity contribution in [3.8, 4) is 0 Å². The van der Waals surface area contributed by atoms with Crippen LogP contribution in [0.15, 0.2) is 41.2 Å². The molecule has 90 valence electrons. The Morgan fingerprint density at radius 3 is 2.50 bits per heavy atom. The third kappa shape index (κ3) is 4.96. The molecule has 0 saturated carbocycles. The molecule has 2 atom stereocenters. The van der Waals surface area contributed by atoms with E-state index in [1.54, 1.807) is 6.20 Å². The molecule has 0 aliphatic carbocycles. The van der Waals surface area contributed by atoms with Crippen LogP contribution in [-0.4, -0.2) is 12.8 Å². The molecule has 0 aromatic rings. The van der Waals surface area contributed by atoms with Gasteiger partial charge in [0.05, 0.1) is 0 Å². The van der Waals surface area contributed by atoms with Crippen molar-refractivity contribution in [1.82, 2.24) is 5.32 Å². The van der Waals surface area contributed by atoms with Crippen LogP contribution in [0, 0.1) is 5.92 Å².